The Bertz CT molecular complexity index is 532. The molecule has 1 fully saturated rings. The Balaban J connectivity index is 1.68. The van der Waals surface area contributed by atoms with E-state index in [4.69, 9.17) is 9.47 Å². The molecule has 2 N–H and O–H groups in total. The number of nitrogens with zero attached hydrogens (tertiary/aromatic N) is 1. The third kappa shape index (κ3) is 5.77. The van der Waals surface area contributed by atoms with Gasteiger partial charge in [0.05, 0.1) is 12.2 Å². The van der Waals surface area contributed by atoms with Crippen LogP contribution >= 0.6 is 0 Å². The maximum Gasteiger partial charge on any atom is 0.338 e. The molecule has 126 valence electrons. The van der Waals surface area contributed by atoms with Gasteiger partial charge in [0, 0.05) is 25.4 Å². The molecule has 1 aromatic heterocycles. The number of ether oxygens (including phenoxy) is 2. The van der Waals surface area contributed by atoms with Crippen LogP contribution in [-0.2, 0) is 4.74 Å². The highest BCUT2D eigenvalue weighted by atomic mass is 16.5. The molecule has 1 saturated carbocycles. The number of hydrogen-bond donors (Lipinski definition) is 2. The predicted molar refractivity (Wildman–Crippen MR) is 84.5 cm³/mol. The predicted octanol–water partition coefficient (Wildman–Crippen LogP) is 1.88. The van der Waals surface area contributed by atoms with E-state index < -0.39 is 5.97 Å². The van der Waals surface area contributed by atoms with E-state index in [1.165, 1.54) is 6.42 Å². The van der Waals surface area contributed by atoms with Crippen LogP contribution in [0, 0.1) is 0 Å². The fraction of sp³-hybridized carbons (Fsp3) is 0.562. The number of esters is 1. The van der Waals surface area contributed by atoms with E-state index in [-0.39, 0.29) is 18.7 Å². The molecule has 7 heteroatoms. The molecule has 1 aromatic rings. The zero-order chi connectivity index (χ0) is 16.5. The molecular formula is C16H23N3O4. The van der Waals surface area contributed by atoms with Crippen LogP contribution in [0.1, 0.15) is 43.0 Å². The van der Waals surface area contributed by atoms with Gasteiger partial charge < -0.3 is 20.1 Å². The molecule has 1 heterocycles. The summed E-state index contributed by atoms with van der Waals surface area (Å²) in [5, 5.41) is 5.29. The van der Waals surface area contributed by atoms with Crippen molar-refractivity contribution in [2.24, 2.45) is 0 Å². The van der Waals surface area contributed by atoms with Crippen molar-refractivity contribution in [2.45, 2.75) is 38.7 Å². The Morgan fingerprint density at radius 3 is 2.87 bits per heavy atom. The number of rotatable bonds is 8. The zero-order valence-electron chi connectivity index (χ0n) is 13.3. The number of nitrogens with one attached hydrogen (secondary N) is 2. The first-order valence-electron chi connectivity index (χ1n) is 8.00. The average Bonchev–Trinajstić information content (AvgIpc) is 2.51. The fourth-order valence-corrected chi connectivity index (χ4v) is 2.01. The van der Waals surface area contributed by atoms with E-state index >= 15 is 0 Å². The quantitative estimate of drug-likeness (QED) is 0.563. The molecule has 0 unspecified atom stereocenters. The molecule has 1 aliphatic carbocycles. The lowest BCUT2D eigenvalue weighted by Crippen LogP contribution is -2.36. The van der Waals surface area contributed by atoms with Crippen LogP contribution in [0.3, 0.4) is 0 Å². The van der Waals surface area contributed by atoms with Crippen LogP contribution in [0.5, 0.6) is 5.88 Å². The maximum atomic E-state index is 12.0. The molecule has 2 rings (SSSR count). The van der Waals surface area contributed by atoms with Crippen LogP contribution in [0.25, 0.3) is 0 Å². The third-order valence-electron chi connectivity index (χ3n) is 3.49. The first-order valence-corrected chi connectivity index (χ1v) is 8.00. The van der Waals surface area contributed by atoms with Gasteiger partial charge in [-0.1, -0.05) is 0 Å². The largest absolute Gasteiger partial charge is 0.474 e. The molecule has 23 heavy (non-hydrogen) atoms. The van der Waals surface area contributed by atoms with E-state index in [2.05, 4.69) is 15.6 Å². The number of amides is 2. The molecule has 0 atom stereocenters. The topological polar surface area (TPSA) is 89.6 Å². The number of pyridine rings is 1. The zero-order valence-corrected chi connectivity index (χ0v) is 13.3. The van der Waals surface area contributed by atoms with Gasteiger partial charge in [-0.05, 0) is 38.7 Å². The van der Waals surface area contributed by atoms with Gasteiger partial charge in [-0.2, -0.15) is 0 Å². The smallest absolute Gasteiger partial charge is 0.338 e. The number of carbonyl (C=O) groups is 2. The summed E-state index contributed by atoms with van der Waals surface area (Å²) >= 11 is 0. The van der Waals surface area contributed by atoms with E-state index in [1.54, 1.807) is 18.3 Å². The lowest BCUT2D eigenvalue weighted by molar-refractivity contribution is 0.0499. The Kier molecular flexibility index (Phi) is 6.65. The van der Waals surface area contributed by atoms with Crippen LogP contribution in [0.2, 0.25) is 0 Å². The maximum absolute atomic E-state index is 12.0. The van der Waals surface area contributed by atoms with Crippen molar-refractivity contribution in [1.82, 2.24) is 15.6 Å². The van der Waals surface area contributed by atoms with Gasteiger partial charge in [-0.15, -0.1) is 0 Å². The second kappa shape index (κ2) is 8.97. The van der Waals surface area contributed by atoms with Crippen LogP contribution in [-0.4, -0.2) is 42.8 Å². The normalized spacial score (nSPS) is 13.8. The van der Waals surface area contributed by atoms with E-state index in [9.17, 15) is 9.59 Å². The molecule has 1 aliphatic rings. The first kappa shape index (κ1) is 17.1. The highest BCUT2D eigenvalue weighted by molar-refractivity contribution is 5.89. The molecule has 0 aliphatic heterocycles. The molecular weight excluding hydrogens is 298 g/mol. The number of aromatic nitrogens is 1. The summed E-state index contributed by atoms with van der Waals surface area (Å²) in [5.41, 5.74) is 0.422. The van der Waals surface area contributed by atoms with Crippen molar-refractivity contribution >= 4 is 12.0 Å². The van der Waals surface area contributed by atoms with Gasteiger partial charge in [0.2, 0.25) is 5.88 Å². The second-order valence-corrected chi connectivity index (χ2v) is 5.33. The van der Waals surface area contributed by atoms with Crippen LogP contribution < -0.4 is 15.4 Å². The third-order valence-corrected chi connectivity index (χ3v) is 3.49. The summed E-state index contributed by atoms with van der Waals surface area (Å²) in [5.74, 6) is 0.0472. The standard InChI is InChI=1S/C16H23N3O4/c1-2-17-16(21)19-8-4-10-22-15(20)12-7-9-18-14(11-12)23-13-5-3-6-13/h7,9,11,13H,2-6,8,10H2,1H3,(H2,17,19,21). The van der Waals surface area contributed by atoms with Gasteiger partial charge in [0.1, 0.15) is 6.10 Å². The van der Waals surface area contributed by atoms with Crippen LogP contribution in [0.15, 0.2) is 18.3 Å². The van der Waals surface area contributed by atoms with Crippen molar-refractivity contribution in [3.05, 3.63) is 23.9 Å². The molecule has 2 amide bonds. The summed E-state index contributed by atoms with van der Waals surface area (Å²) in [6.45, 7) is 3.12. The SMILES string of the molecule is CCNC(=O)NCCCOC(=O)c1ccnc(OC2CCC2)c1. The van der Waals surface area contributed by atoms with Gasteiger partial charge in [-0.25, -0.2) is 14.6 Å². The minimum atomic E-state index is -0.413. The summed E-state index contributed by atoms with van der Waals surface area (Å²) in [6.07, 6.45) is 5.57. The summed E-state index contributed by atoms with van der Waals surface area (Å²) in [4.78, 5) is 27.2. The minimum Gasteiger partial charge on any atom is -0.474 e. The number of carbonyl (C=O) groups excluding carboxylic acids is 2. The fourth-order valence-electron chi connectivity index (χ4n) is 2.01. The highest BCUT2D eigenvalue weighted by Crippen LogP contribution is 2.24. The lowest BCUT2D eigenvalue weighted by Gasteiger charge is -2.25. The monoisotopic (exact) mass is 321 g/mol. The Labute approximate surface area is 135 Å². The van der Waals surface area contributed by atoms with Gasteiger partial charge in [-0.3, -0.25) is 0 Å². The number of hydrogen-bond acceptors (Lipinski definition) is 5. The Morgan fingerprint density at radius 2 is 2.17 bits per heavy atom. The van der Waals surface area contributed by atoms with Gasteiger partial charge in [0.15, 0.2) is 0 Å². The van der Waals surface area contributed by atoms with Gasteiger partial charge >= 0.3 is 12.0 Å². The summed E-state index contributed by atoms with van der Waals surface area (Å²) < 4.78 is 10.8. The van der Waals surface area contributed by atoms with Crippen LogP contribution in [0.4, 0.5) is 4.79 Å². The van der Waals surface area contributed by atoms with Crippen molar-refractivity contribution in [2.75, 3.05) is 19.7 Å². The summed E-state index contributed by atoms with van der Waals surface area (Å²) in [7, 11) is 0. The van der Waals surface area contributed by atoms with Crippen molar-refractivity contribution in [1.29, 1.82) is 0 Å². The van der Waals surface area contributed by atoms with Crippen molar-refractivity contribution in [3.63, 3.8) is 0 Å². The van der Waals surface area contributed by atoms with E-state index in [1.807, 2.05) is 6.92 Å². The van der Waals surface area contributed by atoms with Crippen molar-refractivity contribution in [3.8, 4) is 5.88 Å². The second-order valence-electron chi connectivity index (χ2n) is 5.33. The Morgan fingerprint density at radius 1 is 1.35 bits per heavy atom. The van der Waals surface area contributed by atoms with E-state index in [0.717, 1.165) is 12.8 Å². The summed E-state index contributed by atoms with van der Waals surface area (Å²) in [6, 6.07) is 2.99. The average molecular weight is 321 g/mol. The lowest BCUT2D eigenvalue weighted by atomic mass is 9.96. The molecule has 0 radical (unpaired) electrons. The Hall–Kier alpha value is -2.31. The molecule has 7 nitrogen and oxygen atoms in total. The molecule has 0 bridgehead atoms. The minimum absolute atomic E-state index is 0.217. The first-order chi connectivity index (χ1) is 11.2. The molecule has 0 saturated heterocycles. The van der Waals surface area contributed by atoms with E-state index in [0.29, 0.717) is 31.0 Å². The van der Waals surface area contributed by atoms with Gasteiger partial charge in [0.25, 0.3) is 0 Å². The highest BCUT2D eigenvalue weighted by Gasteiger charge is 2.20. The molecule has 0 spiro atoms. The van der Waals surface area contributed by atoms with Crippen molar-refractivity contribution < 1.29 is 19.1 Å². The molecule has 0 aromatic carbocycles. The number of urea groups is 1.